The van der Waals surface area contributed by atoms with E-state index < -0.39 is 0 Å². The molecule has 2 heterocycles. The van der Waals surface area contributed by atoms with Crippen molar-refractivity contribution < 1.29 is 0 Å². The maximum Gasteiger partial charge on any atom is 0.0278 e. The SMILES string of the molecule is Br.c1c[nH]c(Cc2ccc[nH]2)c1. The Balaban J connectivity index is 0.000000720. The van der Waals surface area contributed by atoms with Gasteiger partial charge in [0.2, 0.25) is 0 Å². The van der Waals surface area contributed by atoms with Gasteiger partial charge in [0.1, 0.15) is 0 Å². The number of H-pyrrole nitrogens is 2. The third-order valence-corrected chi connectivity index (χ3v) is 1.71. The Hall–Kier alpha value is -0.960. The summed E-state index contributed by atoms with van der Waals surface area (Å²) in [6.07, 6.45) is 4.84. The van der Waals surface area contributed by atoms with Crippen LogP contribution in [0.25, 0.3) is 0 Å². The zero-order valence-corrected chi connectivity index (χ0v) is 8.29. The Bertz CT molecular complexity index is 265. The van der Waals surface area contributed by atoms with E-state index in [1.807, 2.05) is 24.5 Å². The van der Waals surface area contributed by atoms with Gasteiger partial charge in [-0.15, -0.1) is 17.0 Å². The minimum Gasteiger partial charge on any atom is -0.365 e. The largest absolute Gasteiger partial charge is 0.365 e. The first-order valence-electron chi connectivity index (χ1n) is 3.70. The fourth-order valence-corrected chi connectivity index (χ4v) is 1.16. The topological polar surface area (TPSA) is 31.6 Å². The molecule has 2 aromatic rings. The average Bonchev–Trinajstić information content (AvgIpc) is 2.60. The average molecular weight is 227 g/mol. The van der Waals surface area contributed by atoms with Crippen LogP contribution in [-0.4, -0.2) is 9.97 Å². The van der Waals surface area contributed by atoms with Gasteiger partial charge in [-0.25, -0.2) is 0 Å². The van der Waals surface area contributed by atoms with Gasteiger partial charge < -0.3 is 9.97 Å². The highest BCUT2D eigenvalue weighted by molar-refractivity contribution is 8.93. The third-order valence-electron chi connectivity index (χ3n) is 1.71. The second kappa shape index (κ2) is 4.16. The molecule has 2 aromatic heterocycles. The Labute approximate surface area is 81.8 Å². The molecule has 0 atom stereocenters. The fourth-order valence-electron chi connectivity index (χ4n) is 1.16. The molecule has 12 heavy (non-hydrogen) atoms. The number of halogens is 1. The van der Waals surface area contributed by atoms with Gasteiger partial charge in [-0.2, -0.15) is 0 Å². The van der Waals surface area contributed by atoms with Crippen molar-refractivity contribution in [2.45, 2.75) is 6.42 Å². The van der Waals surface area contributed by atoms with E-state index in [1.54, 1.807) is 0 Å². The molecule has 0 aliphatic heterocycles. The van der Waals surface area contributed by atoms with Crippen molar-refractivity contribution in [2.75, 3.05) is 0 Å². The van der Waals surface area contributed by atoms with Crippen LogP contribution >= 0.6 is 17.0 Å². The summed E-state index contributed by atoms with van der Waals surface area (Å²) in [6.45, 7) is 0. The molecule has 0 aromatic carbocycles. The Morgan fingerprint density at radius 3 is 1.75 bits per heavy atom. The molecule has 0 bridgehead atoms. The molecule has 0 saturated heterocycles. The standard InChI is InChI=1S/C9H10N2.BrH/c1-3-8(10-5-1)7-9-4-2-6-11-9;/h1-6,10-11H,7H2;1H. The van der Waals surface area contributed by atoms with Crippen molar-refractivity contribution in [3.05, 3.63) is 48.0 Å². The Kier molecular flexibility index (Phi) is 3.17. The van der Waals surface area contributed by atoms with E-state index in [0.29, 0.717) is 0 Å². The quantitative estimate of drug-likeness (QED) is 0.790. The molecule has 0 saturated carbocycles. The number of hydrogen-bond donors (Lipinski definition) is 2. The van der Waals surface area contributed by atoms with Crippen molar-refractivity contribution in [1.29, 1.82) is 0 Å². The van der Waals surface area contributed by atoms with E-state index in [9.17, 15) is 0 Å². The van der Waals surface area contributed by atoms with E-state index >= 15 is 0 Å². The summed E-state index contributed by atoms with van der Waals surface area (Å²) in [7, 11) is 0. The highest BCUT2D eigenvalue weighted by Gasteiger charge is 1.94. The van der Waals surface area contributed by atoms with Gasteiger partial charge in [0.25, 0.3) is 0 Å². The number of nitrogens with one attached hydrogen (secondary N) is 2. The minimum absolute atomic E-state index is 0. The van der Waals surface area contributed by atoms with Gasteiger partial charge in [-0.05, 0) is 24.3 Å². The number of rotatable bonds is 2. The lowest BCUT2D eigenvalue weighted by Gasteiger charge is -1.92. The minimum atomic E-state index is 0. The molecule has 3 heteroatoms. The molecule has 64 valence electrons. The first kappa shape index (κ1) is 9.13. The van der Waals surface area contributed by atoms with Crippen LogP contribution in [0.4, 0.5) is 0 Å². The van der Waals surface area contributed by atoms with Crippen molar-refractivity contribution in [2.24, 2.45) is 0 Å². The molecule has 0 spiro atoms. The van der Waals surface area contributed by atoms with E-state index in [4.69, 9.17) is 0 Å². The van der Waals surface area contributed by atoms with Crippen LogP contribution in [0.5, 0.6) is 0 Å². The first-order valence-corrected chi connectivity index (χ1v) is 3.70. The van der Waals surface area contributed by atoms with Gasteiger partial charge in [-0.1, -0.05) is 0 Å². The lowest BCUT2D eigenvalue weighted by atomic mass is 10.2. The van der Waals surface area contributed by atoms with Gasteiger partial charge in [0.15, 0.2) is 0 Å². The maximum atomic E-state index is 3.16. The number of hydrogen-bond acceptors (Lipinski definition) is 0. The fraction of sp³-hybridized carbons (Fsp3) is 0.111. The van der Waals surface area contributed by atoms with Gasteiger partial charge in [0, 0.05) is 30.2 Å². The lowest BCUT2D eigenvalue weighted by Crippen LogP contribution is -1.86. The maximum absolute atomic E-state index is 3.16. The van der Waals surface area contributed by atoms with E-state index in [2.05, 4.69) is 22.1 Å². The molecular weight excluding hydrogens is 216 g/mol. The second-order valence-electron chi connectivity index (χ2n) is 2.57. The summed E-state index contributed by atoms with van der Waals surface area (Å²) in [4.78, 5) is 6.31. The van der Waals surface area contributed by atoms with Gasteiger partial charge in [-0.3, -0.25) is 0 Å². The van der Waals surface area contributed by atoms with Crippen molar-refractivity contribution in [3.63, 3.8) is 0 Å². The second-order valence-corrected chi connectivity index (χ2v) is 2.57. The van der Waals surface area contributed by atoms with Crippen LogP contribution in [0, 0.1) is 0 Å². The molecule has 0 unspecified atom stereocenters. The normalized spacial score (nSPS) is 9.33. The molecule has 2 nitrogen and oxygen atoms in total. The molecule has 2 rings (SSSR count). The van der Waals surface area contributed by atoms with Crippen LogP contribution in [-0.2, 0) is 6.42 Å². The van der Waals surface area contributed by atoms with Crippen LogP contribution in [0.3, 0.4) is 0 Å². The predicted octanol–water partition coefficient (Wildman–Crippen LogP) is 2.51. The van der Waals surface area contributed by atoms with Crippen LogP contribution in [0.15, 0.2) is 36.7 Å². The van der Waals surface area contributed by atoms with Crippen molar-refractivity contribution in [1.82, 2.24) is 9.97 Å². The van der Waals surface area contributed by atoms with Crippen molar-refractivity contribution in [3.8, 4) is 0 Å². The van der Waals surface area contributed by atoms with Crippen LogP contribution < -0.4 is 0 Å². The zero-order chi connectivity index (χ0) is 7.52. The van der Waals surface area contributed by atoms with Crippen LogP contribution in [0.2, 0.25) is 0 Å². The third kappa shape index (κ3) is 2.01. The van der Waals surface area contributed by atoms with E-state index in [1.165, 1.54) is 11.4 Å². The molecule has 0 aliphatic carbocycles. The molecule has 0 aliphatic rings. The summed E-state index contributed by atoms with van der Waals surface area (Å²) < 4.78 is 0. The summed E-state index contributed by atoms with van der Waals surface area (Å²) in [5.74, 6) is 0. The highest BCUT2D eigenvalue weighted by Crippen LogP contribution is 2.03. The molecule has 2 N–H and O–H groups in total. The van der Waals surface area contributed by atoms with E-state index in [0.717, 1.165) is 6.42 Å². The smallest absolute Gasteiger partial charge is 0.0278 e. The highest BCUT2D eigenvalue weighted by atomic mass is 79.9. The van der Waals surface area contributed by atoms with Gasteiger partial charge >= 0.3 is 0 Å². The lowest BCUT2D eigenvalue weighted by molar-refractivity contribution is 1.05. The predicted molar refractivity (Wildman–Crippen MR) is 54.7 cm³/mol. The van der Waals surface area contributed by atoms with Crippen LogP contribution in [0.1, 0.15) is 11.4 Å². The number of aromatic amines is 2. The summed E-state index contributed by atoms with van der Waals surface area (Å²) in [6, 6.07) is 8.19. The summed E-state index contributed by atoms with van der Waals surface area (Å²) in [5, 5.41) is 0. The first-order chi connectivity index (χ1) is 5.45. The molecule has 0 fully saturated rings. The van der Waals surface area contributed by atoms with Crippen molar-refractivity contribution >= 4 is 17.0 Å². The molecule has 0 amide bonds. The molecular formula is C9H11BrN2. The zero-order valence-electron chi connectivity index (χ0n) is 6.58. The Morgan fingerprint density at radius 1 is 0.917 bits per heavy atom. The Morgan fingerprint density at radius 2 is 1.42 bits per heavy atom. The molecule has 0 radical (unpaired) electrons. The summed E-state index contributed by atoms with van der Waals surface area (Å²) in [5.41, 5.74) is 2.49. The monoisotopic (exact) mass is 226 g/mol. The summed E-state index contributed by atoms with van der Waals surface area (Å²) >= 11 is 0. The van der Waals surface area contributed by atoms with E-state index in [-0.39, 0.29) is 17.0 Å². The number of aromatic nitrogens is 2. The van der Waals surface area contributed by atoms with Gasteiger partial charge in [0.05, 0.1) is 0 Å².